The molecule has 0 bridgehead atoms. The molecule has 1 aromatic carbocycles. The van der Waals surface area contributed by atoms with Crippen LogP contribution in [0.4, 0.5) is 23.7 Å². The van der Waals surface area contributed by atoms with Crippen molar-refractivity contribution in [3.05, 3.63) is 29.3 Å². The lowest BCUT2D eigenvalue weighted by Gasteiger charge is -2.15. The Bertz CT molecular complexity index is 512. The van der Waals surface area contributed by atoms with Crippen molar-refractivity contribution in [2.45, 2.75) is 6.18 Å². The molecule has 0 aromatic heterocycles. The lowest BCUT2D eigenvalue weighted by molar-refractivity contribution is -0.137. The molecule has 0 radical (unpaired) electrons. The Balaban J connectivity index is 3.20. The zero-order chi connectivity index (χ0) is 14.8. The minimum Gasteiger partial charge on any atom is -0.478 e. The first-order valence-electron chi connectivity index (χ1n) is 5.05. The number of nitrogens with one attached hydrogen (secondary N) is 1. The number of nitrogens with zero attached hydrogens (tertiary/aromatic N) is 1. The molecule has 0 saturated carbocycles. The van der Waals surface area contributed by atoms with Crippen LogP contribution in [0.2, 0.25) is 0 Å². The van der Waals surface area contributed by atoms with Gasteiger partial charge in [0, 0.05) is 14.1 Å². The number of alkyl halides is 3. The van der Waals surface area contributed by atoms with Crippen LogP contribution >= 0.6 is 0 Å². The fourth-order valence-electron chi connectivity index (χ4n) is 1.23. The standard InChI is InChI=1S/C11H11F3N2O3/c1-16(2)10(19)15-8-4-3-6(11(12,13)14)5-7(8)9(17)18/h3-5H,1-2H3,(H,15,19)(H,17,18). The van der Waals surface area contributed by atoms with Gasteiger partial charge in [0.1, 0.15) is 0 Å². The number of hydrogen-bond acceptors (Lipinski definition) is 2. The molecule has 0 aliphatic carbocycles. The average Bonchev–Trinajstić information content (AvgIpc) is 2.27. The molecule has 0 aliphatic heterocycles. The first-order valence-corrected chi connectivity index (χ1v) is 5.05. The number of carbonyl (C=O) groups excluding carboxylic acids is 1. The van der Waals surface area contributed by atoms with Crippen LogP contribution in [0.1, 0.15) is 15.9 Å². The molecule has 1 aromatic rings. The van der Waals surface area contributed by atoms with Gasteiger partial charge in [0.05, 0.1) is 16.8 Å². The Labute approximate surface area is 106 Å². The summed E-state index contributed by atoms with van der Waals surface area (Å²) < 4.78 is 37.4. The molecule has 0 saturated heterocycles. The number of carbonyl (C=O) groups is 2. The second kappa shape index (κ2) is 5.17. The van der Waals surface area contributed by atoms with Gasteiger partial charge in [-0.3, -0.25) is 0 Å². The maximum atomic E-state index is 12.5. The van der Waals surface area contributed by atoms with E-state index in [4.69, 9.17) is 5.11 Å². The zero-order valence-electron chi connectivity index (χ0n) is 10.1. The van der Waals surface area contributed by atoms with Crippen LogP contribution in [0.25, 0.3) is 0 Å². The number of benzene rings is 1. The summed E-state index contributed by atoms with van der Waals surface area (Å²) in [6.07, 6.45) is -4.64. The molecule has 5 nitrogen and oxygen atoms in total. The Morgan fingerprint density at radius 1 is 1.26 bits per heavy atom. The van der Waals surface area contributed by atoms with Gasteiger partial charge in [-0.2, -0.15) is 13.2 Å². The monoisotopic (exact) mass is 276 g/mol. The first-order chi connectivity index (χ1) is 8.62. The van der Waals surface area contributed by atoms with Gasteiger partial charge in [-0.25, -0.2) is 9.59 Å². The van der Waals surface area contributed by atoms with Gasteiger partial charge in [0.2, 0.25) is 0 Å². The topological polar surface area (TPSA) is 69.6 Å². The molecule has 0 aliphatic rings. The number of carboxylic acids is 1. The van der Waals surface area contributed by atoms with E-state index in [2.05, 4.69) is 5.32 Å². The van der Waals surface area contributed by atoms with Gasteiger partial charge in [-0.05, 0) is 18.2 Å². The maximum Gasteiger partial charge on any atom is 0.416 e. The molecular weight excluding hydrogens is 265 g/mol. The number of anilines is 1. The number of rotatable bonds is 2. The van der Waals surface area contributed by atoms with Crippen molar-refractivity contribution in [1.29, 1.82) is 0 Å². The Morgan fingerprint density at radius 3 is 2.26 bits per heavy atom. The number of urea groups is 1. The summed E-state index contributed by atoms with van der Waals surface area (Å²) in [4.78, 5) is 23.4. The van der Waals surface area contributed by atoms with Crippen molar-refractivity contribution in [2.24, 2.45) is 0 Å². The lowest BCUT2D eigenvalue weighted by atomic mass is 10.1. The van der Waals surface area contributed by atoms with Crippen LogP contribution in [-0.2, 0) is 6.18 Å². The van der Waals surface area contributed by atoms with Gasteiger partial charge in [0.25, 0.3) is 0 Å². The highest BCUT2D eigenvalue weighted by atomic mass is 19.4. The van der Waals surface area contributed by atoms with Crippen LogP contribution in [0.15, 0.2) is 18.2 Å². The maximum absolute atomic E-state index is 12.5. The highest BCUT2D eigenvalue weighted by Gasteiger charge is 2.32. The minimum absolute atomic E-state index is 0.195. The molecule has 0 heterocycles. The SMILES string of the molecule is CN(C)C(=O)Nc1ccc(C(F)(F)F)cc1C(=O)O. The largest absolute Gasteiger partial charge is 0.478 e. The van der Waals surface area contributed by atoms with Crippen molar-refractivity contribution < 1.29 is 27.9 Å². The molecule has 104 valence electrons. The molecule has 0 atom stereocenters. The van der Waals surface area contributed by atoms with E-state index in [9.17, 15) is 22.8 Å². The summed E-state index contributed by atoms with van der Waals surface area (Å²) in [5.74, 6) is -1.56. The fourth-order valence-corrected chi connectivity index (χ4v) is 1.23. The van der Waals surface area contributed by atoms with Crippen molar-refractivity contribution in [2.75, 3.05) is 19.4 Å². The molecule has 2 amide bonds. The van der Waals surface area contributed by atoms with Crippen LogP contribution in [0, 0.1) is 0 Å². The average molecular weight is 276 g/mol. The summed E-state index contributed by atoms with van der Waals surface area (Å²) in [6, 6.07) is 1.46. The van der Waals surface area contributed by atoms with Gasteiger partial charge in [-0.1, -0.05) is 0 Å². The Kier molecular flexibility index (Phi) is 4.03. The summed E-state index contributed by atoms with van der Waals surface area (Å²) in [5.41, 5.74) is -1.91. The zero-order valence-corrected chi connectivity index (χ0v) is 10.1. The number of hydrogen-bond donors (Lipinski definition) is 2. The van der Waals surface area contributed by atoms with Crippen molar-refractivity contribution in [1.82, 2.24) is 4.90 Å². The third-order valence-electron chi connectivity index (χ3n) is 2.23. The van der Waals surface area contributed by atoms with Crippen LogP contribution in [0.3, 0.4) is 0 Å². The highest BCUT2D eigenvalue weighted by Crippen LogP contribution is 2.31. The predicted molar refractivity (Wildman–Crippen MR) is 61.1 cm³/mol. The number of amides is 2. The highest BCUT2D eigenvalue weighted by molar-refractivity contribution is 6.00. The fraction of sp³-hybridized carbons (Fsp3) is 0.273. The van der Waals surface area contributed by atoms with E-state index in [1.165, 1.54) is 14.1 Å². The smallest absolute Gasteiger partial charge is 0.416 e. The molecule has 19 heavy (non-hydrogen) atoms. The van der Waals surface area contributed by atoms with E-state index >= 15 is 0 Å². The van der Waals surface area contributed by atoms with Crippen molar-refractivity contribution >= 4 is 17.7 Å². The van der Waals surface area contributed by atoms with Gasteiger partial charge in [-0.15, -0.1) is 0 Å². The molecule has 0 fully saturated rings. The van der Waals surface area contributed by atoms with E-state index in [1.54, 1.807) is 0 Å². The van der Waals surface area contributed by atoms with E-state index in [0.717, 1.165) is 11.0 Å². The Hall–Kier alpha value is -2.25. The van der Waals surface area contributed by atoms with Crippen molar-refractivity contribution in [3.8, 4) is 0 Å². The van der Waals surface area contributed by atoms with Crippen molar-refractivity contribution in [3.63, 3.8) is 0 Å². The number of aromatic carboxylic acids is 1. The summed E-state index contributed by atoms with van der Waals surface area (Å²) in [5, 5.41) is 11.1. The van der Waals surface area contributed by atoms with E-state index < -0.39 is 29.3 Å². The summed E-state index contributed by atoms with van der Waals surface area (Å²) in [6.45, 7) is 0. The molecule has 2 N–H and O–H groups in total. The second-order valence-corrected chi connectivity index (χ2v) is 3.89. The summed E-state index contributed by atoms with van der Waals surface area (Å²) >= 11 is 0. The van der Waals surface area contributed by atoms with Crippen LogP contribution < -0.4 is 5.32 Å². The number of carboxylic acid groups (broad SMARTS) is 1. The molecule has 0 unspecified atom stereocenters. The third kappa shape index (κ3) is 3.60. The van der Waals surface area contributed by atoms with E-state index in [0.29, 0.717) is 12.1 Å². The first kappa shape index (κ1) is 14.8. The van der Waals surface area contributed by atoms with Gasteiger partial charge in [0.15, 0.2) is 0 Å². The second-order valence-electron chi connectivity index (χ2n) is 3.89. The Morgan fingerprint density at radius 2 is 1.84 bits per heavy atom. The minimum atomic E-state index is -4.64. The molecular formula is C11H11F3N2O3. The molecule has 1 rings (SSSR count). The number of halogens is 3. The molecule has 0 spiro atoms. The molecule has 8 heteroatoms. The van der Waals surface area contributed by atoms with Crippen LogP contribution in [0.5, 0.6) is 0 Å². The normalized spacial score (nSPS) is 11.0. The van der Waals surface area contributed by atoms with Crippen LogP contribution in [-0.4, -0.2) is 36.1 Å². The van der Waals surface area contributed by atoms with E-state index in [-0.39, 0.29) is 5.69 Å². The third-order valence-corrected chi connectivity index (χ3v) is 2.23. The predicted octanol–water partition coefficient (Wildman–Crippen LogP) is 2.50. The quantitative estimate of drug-likeness (QED) is 0.871. The van der Waals surface area contributed by atoms with E-state index in [1.807, 2.05) is 0 Å². The lowest BCUT2D eigenvalue weighted by Crippen LogP contribution is -2.28. The van der Waals surface area contributed by atoms with Gasteiger partial charge >= 0.3 is 18.2 Å². The summed E-state index contributed by atoms with van der Waals surface area (Å²) in [7, 11) is 2.83. The van der Waals surface area contributed by atoms with Gasteiger partial charge < -0.3 is 15.3 Å².